The van der Waals surface area contributed by atoms with Crippen LogP contribution < -0.4 is 16.7 Å². The topological polar surface area (TPSA) is 125 Å². The van der Waals surface area contributed by atoms with Crippen molar-refractivity contribution in [3.8, 4) is 6.07 Å². The van der Waals surface area contributed by atoms with Crippen LogP contribution in [0.5, 0.6) is 0 Å². The highest BCUT2D eigenvalue weighted by Crippen LogP contribution is 2.23. The summed E-state index contributed by atoms with van der Waals surface area (Å²) >= 11 is 0. The van der Waals surface area contributed by atoms with E-state index in [1.165, 1.54) is 18.3 Å². The number of H-pyrrole nitrogens is 1. The average Bonchev–Trinajstić information content (AvgIpc) is 3.08. The molecule has 158 valence electrons. The van der Waals surface area contributed by atoms with Gasteiger partial charge >= 0.3 is 5.69 Å². The fourth-order valence-electron chi connectivity index (χ4n) is 2.85. The largest absolute Gasteiger partial charge is 0.397 e. The summed E-state index contributed by atoms with van der Waals surface area (Å²) in [4.78, 5) is 23.2. The van der Waals surface area contributed by atoms with Gasteiger partial charge in [-0.2, -0.15) is 10.2 Å². The second kappa shape index (κ2) is 9.04. The molecule has 0 atom stereocenters. The van der Waals surface area contributed by atoms with Gasteiger partial charge in [0.1, 0.15) is 17.2 Å². The summed E-state index contributed by atoms with van der Waals surface area (Å²) in [5, 5.41) is 11.9. The van der Waals surface area contributed by atoms with Crippen LogP contribution in [0.3, 0.4) is 0 Å². The predicted octanol–water partition coefficient (Wildman–Crippen LogP) is 3.67. The van der Waals surface area contributed by atoms with Crippen LogP contribution in [0.4, 0.5) is 26.1 Å². The van der Waals surface area contributed by atoms with E-state index in [1.54, 1.807) is 12.1 Å². The number of imidazole rings is 1. The first-order valence-electron chi connectivity index (χ1n) is 9.41. The minimum absolute atomic E-state index is 0.0982. The SMILES string of the molecule is CC.N#Cc1ccc(N)c(Nc2ncc3[nH]c(=O)n(Cc4c(F)cccc4F)c3n2)c1. The third-order valence-electron chi connectivity index (χ3n) is 4.32. The molecule has 0 aliphatic heterocycles. The van der Waals surface area contributed by atoms with Gasteiger partial charge in [-0.15, -0.1) is 0 Å². The normalized spacial score (nSPS) is 10.3. The molecule has 4 N–H and O–H groups in total. The quantitative estimate of drug-likeness (QED) is 0.430. The molecule has 0 aliphatic rings. The van der Waals surface area contributed by atoms with E-state index in [1.807, 2.05) is 19.9 Å². The molecule has 0 saturated heterocycles. The van der Waals surface area contributed by atoms with Gasteiger partial charge in [0.25, 0.3) is 0 Å². The van der Waals surface area contributed by atoms with Gasteiger partial charge in [0.05, 0.1) is 35.7 Å². The molecule has 4 aromatic rings. The molecule has 0 unspecified atom stereocenters. The summed E-state index contributed by atoms with van der Waals surface area (Å²) < 4.78 is 29.1. The zero-order chi connectivity index (χ0) is 22.5. The third kappa shape index (κ3) is 4.35. The number of rotatable bonds is 4. The predicted molar refractivity (Wildman–Crippen MR) is 114 cm³/mol. The zero-order valence-electron chi connectivity index (χ0n) is 16.8. The number of aromatic nitrogens is 4. The molecule has 2 aromatic heterocycles. The maximum atomic E-state index is 14.0. The Hall–Kier alpha value is -4.26. The number of nitriles is 1. The molecule has 31 heavy (non-hydrogen) atoms. The molecule has 10 heteroatoms. The van der Waals surface area contributed by atoms with Crippen LogP contribution in [0.1, 0.15) is 25.0 Å². The molecule has 0 aliphatic carbocycles. The lowest BCUT2D eigenvalue weighted by atomic mass is 10.2. The van der Waals surface area contributed by atoms with Gasteiger partial charge in [0.2, 0.25) is 5.95 Å². The maximum absolute atomic E-state index is 14.0. The van der Waals surface area contributed by atoms with Crippen LogP contribution in [-0.2, 0) is 6.54 Å². The Morgan fingerprint density at radius 3 is 2.61 bits per heavy atom. The highest BCUT2D eigenvalue weighted by atomic mass is 19.1. The number of anilines is 3. The van der Waals surface area contributed by atoms with Crippen molar-refractivity contribution in [2.75, 3.05) is 11.1 Å². The van der Waals surface area contributed by atoms with Crippen molar-refractivity contribution in [1.82, 2.24) is 19.5 Å². The monoisotopic (exact) mass is 423 g/mol. The number of hydrogen-bond acceptors (Lipinski definition) is 6. The smallest absolute Gasteiger partial charge is 0.328 e. The van der Waals surface area contributed by atoms with E-state index < -0.39 is 17.3 Å². The number of benzene rings is 2. The molecule has 0 amide bonds. The van der Waals surface area contributed by atoms with Crippen molar-refractivity contribution >= 4 is 28.5 Å². The summed E-state index contributed by atoms with van der Waals surface area (Å²) in [7, 11) is 0. The second-order valence-corrected chi connectivity index (χ2v) is 6.19. The van der Waals surface area contributed by atoms with E-state index in [0.717, 1.165) is 16.7 Å². The molecule has 4 rings (SSSR count). The Balaban J connectivity index is 0.00000132. The fraction of sp³-hybridized carbons (Fsp3) is 0.143. The lowest BCUT2D eigenvalue weighted by molar-refractivity contribution is 0.544. The third-order valence-corrected chi connectivity index (χ3v) is 4.32. The van der Waals surface area contributed by atoms with E-state index >= 15 is 0 Å². The average molecular weight is 423 g/mol. The van der Waals surface area contributed by atoms with Crippen molar-refractivity contribution < 1.29 is 8.78 Å². The summed E-state index contributed by atoms with van der Waals surface area (Å²) in [5.41, 5.74) is 6.69. The molecule has 8 nitrogen and oxygen atoms in total. The van der Waals surface area contributed by atoms with Crippen molar-refractivity contribution in [2.45, 2.75) is 20.4 Å². The first-order chi connectivity index (χ1) is 15.0. The first-order valence-corrected chi connectivity index (χ1v) is 9.41. The number of hydrogen-bond donors (Lipinski definition) is 3. The van der Waals surface area contributed by atoms with Crippen molar-refractivity contribution in [3.05, 3.63) is 75.8 Å². The molecule has 0 spiro atoms. The molecule has 0 radical (unpaired) electrons. The standard InChI is InChI=1S/C19H13F2N7O.C2H6/c20-12-2-1-3-13(21)11(12)9-28-17-16(26-19(28)29)8-24-18(27-17)25-15-6-10(7-22)4-5-14(15)23;1-2/h1-6,8H,9,23H2,(H,26,29)(H,24,25,27);1-2H3. The molecular weight excluding hydrogens is 404 g/mol. The highest BCUT2D eigenvalue weighted by molar-refractivity contribution is 5.75. The van der Waals surface area contributed by atoms with Gasteiger partial charge in [0.15, 0.2) is 5.65 Å². The van der Waals surface area contributed by atoms with Gasteiger partial charge in [-0.05, 0) is 30.3 Å². The van der Waals surface area contributed by atoms with Gasteiger partial charge in [-0.3, -0.25) is 4.57 Å². The minimum Gasteiger partial charge on any atom is -0.397 e. The fourth-order valence-corrected chi connectivity index (χ4v) is 2.85. The number of nitrogens with one attached hydrogen (secondary N) is 2. The Morgan fingerprint density at radius 2 is 1.94 bits per heavy atom. The van der Waals surface area contributed by atoms with Crippen molar-refractivity contribution in [2.24, 2.45) is 0 Å². The minimum atomic E-state index is -0.764. The molecule has 2 aromatic carbocycles. The summed E-state index contributed by atoms with van der Waals surface area (Å²) in [5.74, 6) is -1.43. The van der Waals surface area contributed by atoms with Crippen LogP contribution in [-0.4, -0.2) is 19.5 Å². The Labute approximate surface area is 176 Å². The Bertz CT molecular complexity index is 1320. The van der Waals surface area contributed by atoms with Crippen molar-refractivity contribution in [1.29, 1.82) is 5.26 Å². The van der Waals surface area contributed by atoms with E-state index in [2.05, 4.69) is 20.3 Å². The summed E-state index contributed by atoms with van der Waals surface area (Å²) in [6.45, 7) is 3.65. The second-order valence-electron chi connectivity index (χ2n) is 6.19. The summed E-state index contributed by atoms with van der Waals surface area (Å²) in [6.07, 6.45) is 1.37. The van der Waals surface area contributed by atoms with Gasteiger partial charge < -0.3 is 16.0 Å². The van der Waals surface area contributed by atoms with Crippen molar-refractivity contribution in [3.63, 3.8) is 0 Å². The molecule has 0 fully saturated rings. The van der Waals surface area contributed by atoms with E-state index in [4.69, 9.17) is 11.0 Å². The number of nitrogens with two attached hydrogens (primary N) is 1. The zero-order valence-corrected chi connectivity index (χ0v) is 16.8. The summed E-state index contributed by atoms with van der Waals surface area (Å²) in [6, 6.07) is 10.1. The lowest BCUT2D eigenvalue weighted by Gasteiger charge is -2.09. The lowest BCUT2D eigenvalue weighted by Crippen LogP contribution is -2.19. The van der Waals surface area contributed by atoms with E-state index in [-0.39, 0.29) is 23.7 Å². The van der Waals surface area contributed by atoms with Crippen LogP contribution in [0.25, 0.3) is 11.2 Å². The van der Waals surface area contributed by atoms with Crippen LogP contribution in [0.2, 0.25) is 0 Å². The van der Waals surface area contributed by atoms with Gasteiger partial charge in [-0.25, -0.2) is 18.6 Å². The number of nitrogen functional groups attached to an aromatic ring is 1. The molecular formula is C21H19F2N7O. The maximum Gasteiger partial charge on any atom is 0.328 e. The van der Waals surface area contributed by atoms with E-state index in [9.17, 15) is 13.6 Å². The van der Waals surface area contributed by atoms with Gasteiger partial charge in [0, 0.05) is 5.56 Å². The molecule has 0 bridgehead atoms. The molecule has 0 saturated carbocycles. The van der Waals surface area contributed by atoms with E-state index in [0.29, 0.717) is 22.5 Å². The van der Waals surface area contributed by atoms with Gasteiger partial charge in [-0.1, -0.05) is 19.9 Å². The number of halogens is 2. The Morgan fingerprint density at radius 1 is 1.23 bits per heavy atom. The van der Waals surface area contributed by atoms with Crippen LogP contribution in [0.15, 0.2) is 47.4 Å². The number of fused-ring (bicyclic) bond motifs is 1. The van der Waals surface area contributed by atoms with Crippen LogP contribution >= 0.6 is 0 Å². The highest BCUT2D eigenvalue weighted by Gasteiger charge is 2.15. The number of aromatic amines is 1. The first kappa shape index (κ1) is 21.4. The Kier molecular flexibility index (Phi) is 6.26. The number of nitrogens with zero attached hydrogens (tertiary/aromatic N) is 4. The molecule has 2 heterocycles. The van der Waals surface area contributed by atoms with Crippen LogP contribution in [0, 0.1) is 23.0 Å².